The monoisotopic (exact) mass is 526 g/mol. The largest absolute Gasteiger partial charge is 0.493 e. The second-order valence-corrected chi connectivity index (χ2v) is 12.5. The van der Waals surface area contributed by atoms with Crippen LogP contribution < -0.4 is 9.47 Å². The summed E-state index contributed by atoms with van der Waals surface area (Å²) in [5.41, 5.74) is 4.13. The number of hydrogen-bond acceptors (Lipinski definition) is 5. The van der Waals surface area contributed by atoms with E-state index in [0.717, 1.165) is 54.3 Å². The van der Waals surface area contributed by atoms with E-state index in [-0.39, 0.29) is 24.1 Å². The van der Waals surface area contributed by atoms with Gasteiger partial charge in [0, 0.05) is 36.7 Å². The fourth-order valence-electron chi connectivity index (χ4n) is 8.19. The number of ether oxygens (including phenoxy) is 2. The van der Waals surface area contributed by atoms with Crippen molar-refractivity contribution in [3.63, 3.8) is 0 Å². The van der Waals surface area contributed by atoms with Crippen LogP contribution in [0.4, 0.5) is 0 Å². The first-order valence-corrected chi connectivity index (χ1v) is 14.5. The molecular weight excluding hydrogens is 488 g/mol. The van der Waals surface area contributed by atoms with Crippen LogP contribution in [-0.2, 0) is 16.6 Å². The fraction of sp³-hybridized carbons (Fsp3) is 0.545. The number of benzene rings is 2. The molecule has 3 fully saturated rings. The molecule has 3 aliphatic carbocycles. The van der Waals surface area contributed by atoms with Gasteiger partial charge in [0.05, 0.1) is 24.2 Å². The van der Waals surface area contributed by atoms with Crippen LogP contribution in [0.2, 0.25) is 0 Å². The van der Waals surface area contributed by atoms with Crippen LogP contribution in [0.25, 0.3) is 0 Å². The second kappa shape index (κ2) is 8.74. The predicted octanol–water partition coefficient (Wildman–Crippen LogP) is 3.75. The van der Waals surface area contributed by atoms with Crippen LogP contribution in [0.3, 0.4) is 0 Å². The molecule has 2 aliphatic heterocycles. The van der Waals surface area contributed by atoms with Gasteiger partial charge >= 0.3 is 0 Å². The Morgan fingerprint density at radius 1 is 1.18 bits per heavy atom. The molecule has 2 bridgehead atoms. The number of rotatable bonds is 4. The molecule has 2 heterocycles. The summed E-state index contributed by atoms with van der Waals surface area (Å²) in [6.07, 6.45) is 5.22. The number of hydrogen-bond donors (Lipinski definition) is 1. The molecule has 1 amide bonds. The molecule has 1 saturated heterocycles. The fourth-order valence-corrected chi connectivity index (χ4v) is 8.19. The van der Waals surface area contributed by atoms with E-state index in [2.05, 4.69) is 36.7 Å². The van der Waals surface area contributed by atoms with Crippen molar-refractivity contribution >= 4 is 5.91 Å². The Hall–Kier alpha value is -3.01. The van der Waals surface area contributed by atoms with Crippen molar-refractivity contribution in [3.05, 3.63) is 58.1 Å². The molecule has 1 N–H and O–H groups in total. The maximum Gasteiger partial charge on any atom is 0.298 e. The normalized spacial score (nSPS) is 32.0. The van der Waals surface area contributed by atoms with Gasteiger partial charge in [-0.05, 0) is 99.7 Å². The summed E-state index contributed by atoms with van der Waals surface area (Å²) in [5.74, 6) is 7.99. The second-order valence-electron chi connectivity index (χ2n) is 12.5. The van der Waals surface area contributed by atoms with E-state index in [1.54, 1.807) is 12.0 Å². The Balaban J connectivity index is 1.26. The van der Waals surface area contributed by atoms with Crippen LogP contribution in [0.5, 0.6) is 11.5 Å². The van der Waals surface area contributed by atoms with Gasteiger partial charge < -0.3 is 19.5 Å². The van der Waals surface area contributed by atoms with Crippen LogP contribution in [0, 0.1) is 31.6 Å². The minimum atomic E-state index is -0.902. The quantitative estimate of drug-likeness (QED) is 0.615. The molecule has 2 aromatic rings. The lowest BCUT2D eigenvalue weighted by Crippen LogP contribution is -2.78. The van der Waals surface area contributed by atoms with Crippen molar-refractivity contribution in [1.82, 2.24) is 9.80 Å². The summed E-state index contributed by atoms with van der Waals surface area (Å²) in [7, 11) is 3.52. The molecule has 5 aliphatic rings. The Labute approximate surface area is 231 Å². The lowest BCUT2D eigenvalue weighted by Gasteiger charge is -2.64. The Morgan fingerprint density at radius 3 is 2.74 bits per heavy atom. The molecule has 0 radical (unpaired) electrons. The van der Waals surface area contributed by atoms with Gasteiger partial charge in [0.1, 0.15) is 6.10 Å². The summed E-state index contributed by atoms with van der Waals surface area (Å²) < 4.78 is 12.6. The van der Waals surface area contributed by atoms with E-state index in [0.29, 0.717) is 18.6 Å². The first-order chi connectivity index (χ1) is 18.8. The highest BCUT2D eigenvalue weighted by Crippen LogP contribution is 2.66. The maximum absolute atomic E-state index is 13.4. The van der Waals surface area contributed by atoms with Crippen LogP contribution in [-0.4, -0.2) is 71.8 Å². The molecule has 0 unspecified atom stereocenters. The summed E-state index contributed by atoms with van der Waals surface area (Å²) in [4.78, 5) is 17.8. The van der Waals surface area contributed by atoms with Gasteiger partial charge in [-0.25, -0.2) is 0 Å². The predicted molar refractivity (Wildman–Crippen MR) is 149 cm³/mol. The molecule has 1 spiro atoms. The van der Waals surface area contributed by atoms with E-state index in [4.69, 9.17) is 9.47 Å². The smallest absolute Gasteiger partial charge is 0.298 e. The third kappa shape index (κ3) is 3.52. The van der Waals surface area contributed by atoms with Crippen LogP contribution in [0.15, 0.2) is 30.3 Å². The third-order valence-corrected chi connectivity index (χ3v) is 10.6. The number of aliphatic hydroxyl groups is 1. The van der Waals surface area contributed by atoms with E-state index in [9.17, 15) is 9.90 Å². The van der Waals surface area contributed by atoms with E-state index in [1.807, 2.05) is 31.3 Å². The van der Waals surface area contributed by atoms with Gasteiger partial charge in [-0.2, -0.15) is 0 Å². The van der Waals surface area contributed by atoms with E-state index >= 15 is 0 Å². The number of methoxy groups -OCH3 is 1. The van der Waals surface area contributed by atoms with Gasteiger partial charge in [0.15, 0.2) is 11.5 Å². The molecule has 7 rings (SSSR count). The van der Waals surface area contributed by atoms with Crippen LogP contribution >= 0.6 is 0 Å². The lowest BCUT2D eigenvalue weighted by atomic mass is 9.48. The Kier molecular flexibility index (Phi) is 5.60. The van der Waals surface area contributed by atoms with Crippen molar-refractivity contribution in [2.45, 2.75) is 81.6 Å². The maximum atomic E-state index is 13.4. The Bertz CT molecular complexity index is 1420. The van der Waals surface area contributed by atoms with Crippen LogP contribution in [0.1, 0.15) is 59.9 Å². The first kappa shape index (κ1) is 25.0. The van der Waals surface area contributed by atoms with E-state index < -0.39 is 11.0 Å². The van der Waals surface area contributed by atoms with Crippen molar-refractivity contribution in [2.75, 3.05) is 27.2 Å². The SMILES string of the molecule is COc1ccc2c3c1O[C@H]1[C@H](N(C)C(=O)C#Cc4ccc(C)c(C)c4)CC[C@@]4(O)[C@@H](C2)N(CC2CC2)CC[C@]314. The highest BCUT2D eigenvalue weighted by Gasteiger charge is 2.73. The zero-order valence-corrected chi connectivity index (χ0v) is 23.4. The molecule has 39 heavy (non-hydrogen) atoms. The molecule has 2 saturated carbocycles. The molecule has 0 aromatic heterocycles. The minimum absolute atomic E-state index is 0.0660. The summed E-state index contributed by atoms with van der Waals surface area (Å²) >= 11 is 0. The number of carbonyl (C=O) groups is 1. The number of aryl methyl sites for hydroxylation is 2. The van der Waals surface area contributed by atoms with Gasteiger partial charge in [0.25, 0.3) is 5.91 Å². The van der Waals surface area contributed by atoms with E-state index in [1.165, 1.54) is 24.0 Å². The first-order valence-electron chi connectivity index (χ1n) is 14.5. The lowest BCUT2D eigenvalue weighted by molar-refractivity contribution is -0.199. The van der Waals surface area contributed by atoms with Gasteiger partial charge in [-0.15, -0.1) is 0 Å². The average Bonchev–Trinajstić information content (AvgIpc) is 3.67. The Morgan fingerprint density at radius 2 is 2.00 bits per heavy atom. The highest BCUT2D eigenvalue weighted by atomic mass is 16.5. The number of piperidine rings is 1. The summed E-state index contributed by atoms with van der Waals surface area (Å²) in [6, 6.07) is 10.1. The molecule has 2 aromatic carbocycles. The summed E-state index contributed by atoms with van der Waals surface area (Å²) in [6.45, 7) is 6.14. The van der Waals surface area contributed by atoms with Crippen molar-refractivity contribution in [1.29, 1.82) is 0 Å². The average molecular weight is 527 g/mol. The molecular formula is C33H38N2O4. The number of amides is 1. The number of likely N-dealkylation sites (tertiary alicyclic amines) is 1. The van der Waals surface area contributed by atoms with Gasteiger partial charge in [0.2, 0.25) is 0 Å². The number of carbonyl (C=O) groups excluding carboxylic acids is 1. The van der Waals surface area contributed by atoms with Gasteiger partial charge in [-0.3, -0.25) is 9.69 Å². The molecule has 6 nitrogen and oxygen atoms in total. The molecule has 5 atom stereocenters. The number of likely N-dealkylation sites (N-methyl/N-ethyl adjacent to an activating group) is 1. The zero-order chi connectivity index (χ0) is 27.1. The molecule has 6 heteroatoms. The summed E-state index contributed by atoms with van der Waals surface area (Å²) in [5, 5.41) is 12.7. The minimum Gasteiger partial charge on any atom is -0.493 e. The third-order valence-electron chi connectivity index (χ3n) is 10.6. The van der Waals surface area contributed by atoms with Gasteiger partial charge in [-0.1, -0.05) is 18.1 Å². The number of nitrogens with zero attached hydrogens (tertiary/aromatic N) is 2. The highest BCUT2D eigenvalue weighted by molar-refractivity contribution is 5.94. The van der Waals surface area contributed by atoms with Crippen molar-refractivity contribution in [2.24, 2.45) is 5.92 Å². The zero-order valence-electron chi connectivity index (χ0n) is 23.4. The standard InChI is InChI=1S/C33H38N2O4/c1-20-5-6-22(17-21(20)2)9-12-28(36)34(3)25-13-14-33(37)27-18-24-10-11-26(38-4)30-29(24)32(33,31(25)39-30)15-16-35(27)19-23-7-8-23/h5-6,10-11,17,23,25,27,31,37H,7-8,13-16,18-19H2,1-4H3/t25-,27-,31+,32+,33-/m1/s1. The topological polar surface area (TPSA) is 62.2 Å². The van der Waals surface area contributed by atoms with Crippen molar-refractivity contribution in [3.8, 4) is 23.3 Å². The van der Waals surface area contributed by atoms with Crippen molar-refractivity contribution < 1.29 is 19.4 Å². The molecule has 204 valence electrons.